The lowest BCUT2D eigenvalue weighted by molar-refractivity contribution is -0.117. The largest absolute Gasteiger partial charge is 0.325 e. The molecule has 4 heteroatoms. The van der Waals surface area contributed by atoms with Gasteiger partial charge >= 0.3 is 0 Å². The summed E-state index contributed by atoms with van der Waals surface area (Å²) in [6.45, 7) is 6.03. The molecule has 1 aliphatic carbocycles. The highest BCUT2D eigenvalue weighted by molar-refractivity contribution is 6.53. The molecule has 3 rings (SSSR count). The van der Waals surface area contributed by atoms with E-state index in [4.69, 9.17) is 23.2 Å². The van der Waals surface area contributed by atoms with Crippen LogP contribution in [0.2, 0.25) is 0 Å². The summed E-state index contributed by atoms with van der Waals surface area (Å²) in [5, 5.41) is 3.02. The molecule has 0 bridgehead atoms. The van der Waals surface area contributed by atoms with Gasteiger partial charge in [0.25, 0.3) is 0 Å². The molecule has 1 amide bonds. The molecular formula is C19H19Cl2NO. The number of hydrogen-bond acceptors (Lipinski definition) is 1. The Labute approximate surface area is 146 Å². The van der Waals surface area contributed by atoms with Crippen molar-refractivity contribution in [1.82, 2.24) is 0 Å². The minimum Gasteiger partial charge on any atom is -0.325 e. The molecule has 1 aliphatic rings. The fourth-order valence-corrected chi connectivity index (χ4v) is 4.13. The monoisotopic (exact) mass is 347 g/mol. The lowest BCUT2D eigenvalue weighted by Crippen LogP contribution is -2.18. The van der Waals surface area contributed by atoms with Gasteiger partial charge in [-0.15, -0.1) is 23.2 Å². The quantitative estimate of drug-likeness (QED) is 0.765. The van der Waals surface area contributed by atoms with Crippen LogP contribution in [-0.4, -0.2) is 10.2 Å². The molecule has 2 aromatic carbocycles. The maximum atomic E-state index is 12.7. The number of carbonyl (C=O) groups excluding carboxylic acids is 1. The number of benzene rings is 2. The minimum absolute atomic E-state index is 0.126. The summed E-state index contributed by atoms with van der Waals surface area (Å²) < 4.78 is -1.04. The smallest absolute Gasteiger partial charge is 0.231 e. The van der Waals surface area contributed by atoms with Crippen molar-refractivity contribution in [3.63, 3.8) is 0 Å². The van der Waals surface area contributed by atoms with Crippen molar-refractivity contribution < 1.29 is 4.79 Å². The van der Waals surface area contributed by atoms with Crippen molar-refractivity contribution in [2.24, 2.45) is 5.92 Å². The van der Waals surface area contributed by atoms with Crippen LogP contribution in [0.3, 0.4) is 0 Å². The maximum Gasteiger partial charge on any atom is 0.231 e. The minimum atomic E-state index is -1.04. The number of rotatable bonds is 3. The zero-order valence-electron chi connectivity index (χ0n) is 13.4. The van der Waals surface area contributed by atoms with Crippen molar-refractivity contribution >= 4 is 34.8 Å². The van der Waals surface area contributed by atoms with Crippen LogP contribution in [0.4, 0.5) is 5.69 Å². The molecule has 23 heavy (non-hydrogen) atoms. The first-order chi connectivity index (χ1) is 10.8. The molecule has 1 fully saturated rings. The summed E-state index contributed by atoms with van der Waals surface area (Å²) >= 11 is 12.8. The standard InChI is InChI=1S/C19H19Cl2NO/c1-11-9-12(2)17(13(3)10-11)22-18(23)16-15(19(16,20)21)14-7-5-4-6-8-14/h4-10,15-16H,1-3H3,(H,22,23)/t15-,16-/m1/s1. The molecule has 0 unspecified atom stereocenters. The van der Waals surface area contributed by atoms with Crippen LogP contribution < -0.4 is 5.32 Å². The van der Waals surface area contributed by atoms with Crippen LogP contribution in [0.1, 0.15) is 28.2 Å². The number of amides is 1. The van der Waals surface area contributed by atoms with Gasteiger partial charge in [0.15, 0.2) is 0 Å². The molecule has 0 spiro atoms. The van der Waals surface area contributed by atoms with Crippen LogP contribution in [0.15, 0.2) is 42.5 Å². The lowest BCUT2D eigenvalue weighted by atomic mass is 10.0. The maximum absolute atomic E-state index is 12.7. The van der Waals surface area contributed by atoms with E-state index in [0.29, 0.717) is 0 Å². The summed E-state index contributed by atoms with van der Waals surface area (Å²) in [5.74, 6) is -0.731. The van der Waals surface area contributed by atoms with E-state index in [0.717, 1.165) is 22.4 Å². The summed E-state index contributed by atoms with van der Waals surface area (Å²) in [7, 11) is 0. The van der Waals surface area contributed by atoms with Gasteiger partial charge in [-0.25, -0.2) is 0 Å². The number of carbonyl (C=O) groups is 1. The van der Waals surface area contributed by atoms with E-state index in [9.17, 15) is 4.79 Å². The zero-order chi connectivity index (χ0) is 16.8. The van der Waals surface area contributed by atoms with Crippen molar-refractivity contribution in [2.75, 3.05) is 5.32 Å². The highest BCUT2D eigenvalue weighted by Gasteiger charge is 2.67. The number of nitrogens with one attached hydrogen (secondary N) is 1. The molecule has 0 aromatic heterocycles. The van der Waals surface area contributed by atoms with E-state index in [-0.39, 0.29) is 11.8 Å². The first-order valence-electron chi connectivity index (χ1n) is 7.64. The number of halogens is 2. The molecule has 2 nitrogen and oxygen atoms in total. The summed E-state index contributed by atoms with van der Waals surface area (Å²) in [5.41, 5.74) is 5.11. The van der Waals surface area contributed by atoms with Crippen molar-refractivity contribution in [2.45, 2.75) is 31.0 Å². The topological polar surface area (TPSA) is 29.1 Å². The van der Waals surface area contributed by atoms with Gasteiger partial charge in [0, 0.05) is 11.6 Å². The number of aryl methyl sites for hydroxylation is 3. The summed E-state index contributed by atoms with van der Waals surface area (Å²) in [6.07, 6.45) is 0. The van der Waals surface area contributed by atoms with E-state index >= 15 is 0 Å². The predicted octanol–water partition coefficient (Wildman–Crippen LogP) is 5.14. The van der Waals surface area contributed by atoms with E-state index in [1.165, 1.54) is 5.56 Å². The number of hydrogen-bond donors (Lipinski definition) is 1. The highest BCUT2D eigenvalue weighted by atomic mass is 35.5. The third-order valence-corrected chi connectivity index (χ3v) is 5.36. The van der Waals surface area contributed by atoms with Crippen LogP contribution in [0.5, 0.6) is 0 Å². The van der Waals surface area contributed by atoms with Crippen molar-refractivity contribution in [1.29, 1.82) is 0 Å². The normalized spacial score (nSPS) is 21.8. The lowest BCUT2D eigenvalue weighted by Gasteiger charge is -2.13. The molecule has 120 valence electrons. The van der Waals surface area contributed by atoms with Gasteiger partial charge in [0.1, 0.15) is 4.33 Å². The Kier molecular flexibility index (Phi) is 4.16. The Hall–Kier alpha value is -1.51. The second kappa shape index (κ2) is 5.85. The molecule has 0 heterocycles. The fraction of sp³-hybridized carbons (Fsp3) is 0.316. The van der Waals surface area contributed by atoms with Gasteiger partial charge in [0.05, 0.1) is 5.92 Å². The first-order valence-corrected chi connectivity index (χ1v) is 8.39. The highest BCUT2D eigenvalue weighted by Crippen LogP contribution is 2.65. The Morgan fingerprint density at radius 3 is 2.17 bits per heavy atom. The third kappa shape index (κ3) is 2.98. The zero-order valence-corrected chi connectivity index (χ0v) is 14.9. The Bertz CT molecular complexity index is 732. The number of alkyl halides is 2. The molecule has 1 N–H and O–H groups in total. The first kappa shape index (κ1) is 16.4. The summed E-state index contributed by atoms with van der Waals surface area (Å²) in [6, 6.07) is 13.8. The second-order valence-corrected chi connectivity index (χ2v) is 7.75. The molecule has 0 aliphatic heterocycles. The number of anilines is 1. The molecule has 2 atom stereocenters. The van der Waals surface area contributed by atoms with Crippen molar-refractivity contribution in [3.8, 4) is 0 Å². The Morgan fingerprint density at radius 1 is 1.04 bits per heavy atom. The van der Waals surface area contributed by atoms with Crippen molar-refractivity contribution in [3.05, 3.63) is 64.7 Å². The van der Waals surface area contributed by atoms with Gasteiger partial charge in [-0.1, -0.05) is 48.0 Å². The molecule has 1 saturated carbocycles. The van der Waals surface area contributed by atoms with Gasteiger partial charge in [-0.3, -0.25) is 4.79 Å². The molecule has 2 aromatic rings. The molecular weight excluding hydrogens is 329 g/mol. The average molecular weight is 348 g/mol. The molecule has 0 radical (unpaired) electrons. The van der Waals surface area contributed by atoms with Crippen LogP contribution in [0, 0.1) is 26.7 Å². The van der Waals surface area contributed by atoms with Crippen LogP contribution in [-0.2, 0) is 4.79 Å². The van der Waals surface area contributed by atoms with Gasteiger partial charge < -0.3 is 5.32 Å². The van der Waals surface area contributed by atoms with E-state index in [2.05, 4.69) is 17.4 Å². The predicted molar refractivity (Wildman–Crippen MR) is 96.4 cm³/mol. The van der Waals surface area contributed by atoms with Crippen LogP contribution in [0.25, 0.3) is 0 Å². The van der Waals surface area contributed by atoms with Gasteiger partial charge in [-0.05, 0) is 37.5 Å². The molecule has 0 saturated heterocycles. The van der Waals surface area contributed by atoms with Crippen LogP contribution >= 0.6 is 23.2 Å². The van der Waals surface area contributed by atoms with E-state index < -0.39 is 10.3 Å². The Morgan fingerprint density at radius 2 is 1.61 bits per heavy atom. The third-order valence-electron chi connectivity index (χ3n) is 4.42. The van der Waals surface area contributed by atoms with E-state index in [1.807, 2.05) is 51.1 Å². The van der Waals surface area contributed by atoms with Gasteiger partial charge in [0.2, 0.25) is 5.91 Å². The Balaban J connectivity index is 1.82. The average Bonchev–Trinajstić information content (AvgIpc) is 3.06. The van der Waals surface area contributed by atoms with E-state index in [1.54, 1.807) is 0 Å². The van der Waals surface area contributed by atoms with Gasteiger partial charge in [-0.2, -0.15) is 0 Å². The SMILES string of the molecule is Cc1cc(C)c(NC(=O)[C@H]2[C@@H](c3ccccc3)C2(Cl)Cl)c(C)c1. The fourth-order valence-electron chi connectivity index (χ4n) is 3.31. The second-order valence-electron chi connectivity index (χ2n) is 6.30. The summed E-state index contributed by atoms with van der Waals surface area (Å²) in [4.78, 5) is 12.7.